The molecule has 1 saturated heterocycles. The first-order valence-electron chi connectivity index (χ1n) is 9.84. The van der Waals surface area contributed by atoms with Crippen molar-refractivity contribution in [2.45, 2.75) is 26.6 Å². The Kier molecular flexibility index (Phi) is 8.31. The normalized spacial score (nSPS) is 16.1. The van der Waals surface area contributed by atoms with Gasteiger partial charge in [-0.3, -0.25) is 14.7 Å². The Morgan fingerprint density at radius 3 is 2.31 bits per heavy atom. The second kappa shape index (κ2) is 10.5. The van der Waals surface area contributed by atoms with Gasteiger partial charge in [0.2, 0.25) is 5.91 Å². The predicted molar refractivity (Wildman–Crippen MR) is 108 cm³/mol. The largest absolute Gasteiger partial charge is 0.416 e. The maximum Gasteiger partial charge on any atom is 0.416 e. The number of hydrogen-bond donors (Lipinski definition) is 1. The SMILES string of the molecule is CCNC(=NCCN1CCN(C(C)=O)CC1)N(C)Cc1ccc(C(F)(F)F)cc1. The van der Waals surface area contributed by atoms with Gasteiger partial charge in [-0.25, -0.2) is 0 Å². The molecule has 29 heavy (non-hydrogen) atoms. The molecular formula is C20H30F3N5O. The van der Waals surface area contributed by atoms with Crippen molar-refractivity contribution in [3.05, 3.63) is 35.4 Å². The summed E-state index contributed by atoms with van der Waals surface area (Å²) in [4.78, 5) is 22.1. The molecule has 1 heterocycles. The van der Waals surface area contributed by atoms with E-state index in [9.17, 15) is 18.0 Å². The summed E-state index contributed by atoms with van der Waals surface area (Å²) >= 11 is 0. The van der Waals surface area contributed by atoms with Crippen LogP contribution in [0.15, 0.2) is 29.3 Å². The van der Waals surface area contributed by atoms with Crippen LogP contribution in [0.4, 0.5) is 13.2 Å². The Bertz CT molecular complexity index is 682. The molecule has 1 aromatic rings. The summed E-state index contributed by atoms with van der Waals surface area (Å²) in [5.41, 5.74) is 0.140. The molecule has 0 aliphatic carbocycles. The summed E-state index contributed by atoms with van der Waals surface area (Å²) in [6.45, 7) is 9.31. The van der Waals surface area contributed by atoms with Crippen LogP contribution in [0.5, 0.6) is 0 Å². The number of alkyl halides is 3. The van der Waals surface area contributed by atoms with E-state index in [0.717, 1.165) is 56.4 Å². The average molecular weight is 413 g/mol. The van der Waals surface area contributed by atoms with Crippen molar-refractivity contribution in [1.29, 1.82) is 0 Å². The third kappa shape index (κ3) is 7.23. The fourth-order valence-electron chi connectivity index (χ4n) is 3.20. The Balaban J connectivity index is 1.88. The fraction of sp³-hybridized carbons (Fsp3) is 0.600. The average Bonchev–Trinajstić information content (AvgIpc) is 2.67. The molecule has 0 saturated carbocycles. The number of nitrogens with zero attached hydrogens (tertiary/aromatic N) is 4. The summed E-state index contributed by atoms with van der Waals surface area (Å²) < 4.78 is 38.1. The molecule has 0 aromatic heterocycles. The Morgan fingerprint density at radius 1 is 1.17 bits per heavy atom. The van der Waals surface area contributed by atoms with Crippen LogP contribution in [-0.4, -0.2) is 79.4 Å². The maximum atomic E-state index is 12.7. The van der Waals surface area contributed by atoms with Crippen molar-refractivity contribution in [2.24, 2.45) is 4.99 Å². The number of nitrogens with one attached hydrogen (secondary N) is 1. The molecule has 0 bridgehead atoms. The lowest BCUT2D eigenvalue weighted by atomic mass is 10.1. The number of rotatable bonds is 6. The van der Waals surface area contributed by atoms with Crippen LogP contribution in [0.25, 0.3) is 0 Å². The first-order chi connectivity index (χ1) is 13.7. The minimum atomic E-state index is -4.32. The van der Waals surface area contributed by atoms with Gasteiger partial charge >= 0.3 is 6.18 Å². The van der Waals surface area contributed by atoms with Crippen LogP contribution in [0.3, 0.4) is 0 Å². The van der Waals surface area contributed by atoms with Crippen molar-refractivity contribution in [2.75, 3.05) is 52.9 Å². The number of halogens is 3. The molecule has 1 aliphatic rings. The van der Waals surface area contributed by atoms with Crippen molar-refractivity contribution in [3.63, 3.8) is 0 Å². The van der Waals surface area contributed by atoms with Crippen LogP contribution in [0.1, 0.15) is 25.0 Å². The lowest BCUT2D eigenvalue weighted by molar-refractivity contribution is -0.137. The summed E-state index contributed by atoms with van der Waals surface area (Å²) in [5, 5.41) is 3.22. The van der Waals surface area contributed by atoms with E-state index in [1.807, 2.05) is 23.8 Å². The maximum absolute atomic E-state index is 12.7. The highest BCUT2D eigenvalue weighted by atomic mass is 19.4. The van der Waals surface area contributed by atoms with Gasteiger partial charge in [-0.05, 0) is 24.6 Å². The van der Waals surface area contributed by atoms with Gasteiger partial charge in [-0.1, -0.05) is 12.1 Å². The number of aliphatic imine (C=N–C) groups is 1. The fourth-order valence-corrected chi connectivity index (χ4v) is 3.20. The molecule has 2 rings (SSSR count). The van der Waals surface area contributed by atoms with Crippen LogP contribution in [-0.2, 0) is 17.5 Å². The van der Waals surface area contributed by atoms with Gasteiger partial charge in [0.15, 0.2) is 5.96 Å². The molecule has 0 spiro atoms. The highest BCUT2D eigenvalue weighted by molar-refractivity contribution is 5.79. The Labute approximate surface area is 170 Å². The van der Waals surface area contributed by atoms with Crippen molar-refractivity contribution < 1.29 is 18.0 Å². The molecule has 1 aliphatic heterocycles. The number of guanidine groups is 1. The zero-order valence-electron chi connectivity index (χ0n) is 17.3. The zero-order valence-corrected chi connectivity index (χ0v) is 17.3. The second-order valence-electron chi connectivity index (χ2n) is 7.13. The van der Waals surface area contributed by atoms with Crippen LogP contribution in [0, 0.1) is 0 Å². The molecule has 0 radical (unpaired) electrons. The molecule has 0 unspecified atom stereocenters. The molecule has 9 heteroatoms. The van der Waals surface area contributed by atoms with Crippen LogP contribution < -0.4 is 5.32 Å². The lowest BCUT2D eigenvalue weighted by Crippen LogP contribution is -2.48. The molecule has 1 fully saturated rings. The van der Waals surface area contributed by atoms with Gasteiger partial charge in [-0.2, -0.15) is 13.2 Å². The van der Waals surface area contributed by atoms with Gasteiger partial charge in [0.05, 0.1) is 12.1 Å². The van der Waals surface area contributed by atoms with E-state index in [1.165, 1.54) is 12.1 Å². The third-order valence-electron chi connectivity index (χ3n) is 4.89. The molecule has 0 atom stereocenters. The van der Waals surface area contributed by atoms with Crippen molar-refractivity contribution in [1.82, 2.24) is 20.0 Å². The number of amides is 1. The van der Waals surface area contributed by atoms with Crippen molar-refractivity contribution >= 4 is 11.9 Å². The number of benzene rings is 1. The minimum Gasteiger partial charge on any atom is -0.357 e. The first-order valence-corrected chi connectivity index (χ1v) is 9.84. The molecule has 6 nitrogen and oxygen atoms in total. The van der Waals surface area contributed by atoms with Gasteiger partial charge < -0.3 is 15.1 Å². The number of carbonyl (C=O) groups is 1. The number of piperazine rings is 1. The quantitative estimate of drug-likeness (QED) is 0.574. The lowest BCUT2D eigenvalue weighted by Gasteiger charge is -2.33. The number of carbonyl (C=O) groups excluding carboxylic acids is 1. The Morgan fingerprint density at radius 2 is 1.79 bits per heavy atom. The molecule has 1 N–H and O–H groups in total. The van der Waals surface area contributed by atoms with E-state index < -0.39 is 11.7 Å². The van der Waals surface area contributed by atoms with Gasteiger partial charge in [0.1, 0.15) is 0 Å². The highest BCUT2D eigenvalue weighted by Crippen LogP contribution is 2.29. The van der Waals surface area contributed by atoms with Gasteiger partial charge in [-0.15, -0.1) is 0 Å². The standard InChI is InChI=1S/C20H30F3N5O/c1-4-24-19(25-9-10-27-11-13-28(14-12-27)16(2)29)26(3)15-17-5-7-18(8-6-17)20(21,22)23/h5-8H,4,9-15H2,1-3H3,(H,24,25). The van der Waals surface area contributed by atoms with Crippen molar-refractivity contribution in [3.8, 4) is 0 Å². The molecular weight excluding hydrogens is 383 g/mol. The first kappa shape index (κ1) is 23.0. The monoisotopic (exact) mass is 413 g/mol. The van der Waals surface area contributed by atoms with E-state index in [4.69, 9.17) is 0 Å². The Hall–Kier alpha value is -2.29. The van der Waals surface area contributed by atoms with E-state index in [2.05, 4.69) is 15.2 Å². The van der Waals surface area contributed by atoms with Gasteiger partial charge in [0.25, 0.3) is 0 Å². The number of hydrogen-bond acceptors (Lipinski definition) is 3. The topological polar surface area (TPSA) is 51.2 Å². The summed E-state index contributed by atoms with van der Waals surface area (Å²) in [6.07, 6.45) is -4.32. The van der Waals surface area contributed by atoms with E-state index in [1.54, 1.807) is 6.92 Å². The summed E-state index contributed by atoms with van der Waals surface area (Å²) in [5.74, 6) is 0.830. The van der Waals surface area contributed by atoms with Crippen LogP contribution >= 0.6 is 0 Å². The summed E-state index contributed by atoms with van der Waals surface area (Å²) in [7, 11) is 1.87. The van der Waals surface area contributed by atoms with E-state index >= 15 is 0 Å². The van der Waals surface area contributed by atoms with Gasteiger partial charge in [0, 0.05) is 59.8 Å². The minimum absolute atomic E-state index is 0.113. The molecule has 1 amide bonds. The zero-order chi connectivity index (χ0) is 21.4. The summed E-state index contributed by atoms with van der Waals surface area (Å²) in [6, 6.07) is 5.21. The predicted octanol–water partition coefficient (Wildman–Crippen LogP) is 2.27. The van der Waals surface area contributed by atoms with Crippen LogP contribution in [0.2, 0.25) is 0 Å². The molecule has 1 aromatic carbocycles. The van der Waals surface area contributed by atoms with E-state index in [0.29, 0.717) is 19.6 Å². The smallest absolute Gasteiger partial charge is 0.357 e. The highest BCUT2D eigenvalue weighted by Gasteiger charge is 2.30. The second-order valence-corrected chi connectivity index (χ2v) is 7.13. The third-order valence-corrected chi connectivity index (χ3v) is 4.89. The van der Waals surface area contributed by atoms with E-state index in [-0.39, 0.29) is 5.91 Å². The molecule has 162 valence electrons.